The van der Waals surface area contributed by atoms with Gasteiger partial charge >= 0.3 is 0 Å². The molecule has 0 aliphatic heterocycles. The van der Waals surface area contributed by atoms with E-state index in [2.05, 4.69) is 10.1 Å². The van der Waals surface area contributed by atoms with E-state index in [9.17, 15) is 0 Å². The summed E-state index contributed by atoms with van der Waals surface area (Å²) < 4.78 is 1.85. The number of aryl methyl sites for hydroxylation is 1. The summed E-state index contributed by atoms with van der Waals surface area (Å²) in [5.41, 5.74) is 5.51. The first-order valence-electron chi connectivity index (χ1n) is 4.66. The van der Waals surface area contributed by atoms with Crippen molar-refractivity contribution in [3.05, 3.63) is 36.8 Å². The van der Waals surface area contributed by atoms with Crippen molar-refractivity contribution in [1.29, 1.82) is 0 Å². The van der Waals surface area contributed by atoms with E-state index in [1.165, 1.54) is 4.90 Å². The van der Waals surface area contributed by atoms with Gasteiger partial charge in [-0.25, -0.2) is 0 Å². The summed E-state index contributed by atoms with van der Waals surface area (Å²) >= 11 is 1.78. The second kappa shape index (κ2) is 4.84. The zero-order valence-corrected chi connectivity index (χ0v) is 9.02. The maximum Gasteiger partial charge on any atom is 0.145 e. The van der Waals surface area contributed by atoms with Crippen LogP contribution < -0.4 is 5.73 Å². The minimum Gasteiger partial charge on any atom is -0.382 e. The van der Waals surface area contributed by atoms with Gasteiger partial charge in [0.05, 0.1) is 6.54 Å². The number of thioether (sulfide) groups is 1. The number of hydrogen-bond donors (Lipinski definition) is 1. The zero-order valence-electron chi connectivity index (χ0n) is 8.21. The van der Waals surface area contributed by atoms with E-state index < -0.39 is 0 Å². The Balaban J connectivity index is 1.80. The number of rotatable bonds is 4. The molecule has 0 unspecified atom stereocenters. The first-order chi connectivity index (χ1) is 7.34. The van der Waals surface area contributed by atoms with Gasteiger partial charge < -0.3 is 5.73 Å². The number of anilines is 1. The molecule has 0 amide bonds. The van der Waals surface area contributed by atoms with Gasteiger partial charge in [-0.15, -0.1) is 11.8 Å². The van der Waals surface area contributed by atoms with Crippen LogP contribution in [0, 0.1) is 0 Å². The molecule has 2 aromatic rings. The van der Waals surface area contributed by atoms with Gasteiger partial charge in [0.2, 0.25) is 0 Å². The molecule has 0 spiro atoms. The van der Waals surface area contributed by atoms with E-state index in [0.29, 0.717) is 5.82 Å². The van der Waals surface area contributed by atoms with Crippen LogP contribution >= 0.6 is 11.8 Å². The minimum atomic E-state index is 0.573. The highest BCUT2D eigenvalue weighted by atomic mass is 32.2. The summed E-state index contributed by atoms with van der Waals surface area (Å²) in [6, 6.07) is 5.81. The molecular weight excluding hydrogens is 208 g/mol. The normalized spacial score (nSPS) is 10.4. The molecule has 0 saturated carbocycles. The summed E-state index contributed by atoms with van der Waals surface area (Å²) in [6.45, 7) is 0.865. The van der Waals surface area contributed by atoms with E-state index in [1.807, 2.05) is 23.0 Å². The number of nitrogens with zero attached hydrogens (tertiary/aromatic N) is 3. The van der Waals surface area contributed by atoms with E-state index in [0.717, 1.165) is 12.3 Å². The van der Waals surface area contributed by atoms with Gasteiger partial charge in [0.1, 0.15) is 5.82 Å². The maximum absolute atomic E-state index is 5.51. The smallest absolute Gasteiger partial charge is 0.145 e. The van der Waals surface area contributed by atoms with Crippen molar-refractivity contribution in [3.63, 3.8) is 0 Å². The van der Waals surface area contributed by atoms with Crippen LogP contribution in [0.3, 0.4) is 0 Å². The van der Waals surface area contributed by atoms with Crippen LogP contribution in [-0.2, 0) is 6.54 Å². The van der Waals surface area contributed by atoms with Crippen molar-refractivity contribution in [2.75, 3.05) is 11.5 Å². The van der Waals surface area contributed by atoms with Crippen LogP contribution in [0.1, 0.15) is 0 Å². The first-order valence-corrected chi connectivity index (χ1v) is 5.65. The molecule has 0 aromatic carbocycles. The van der Waals surface area contributed by atoms with Crippen LogP contribution in [0.2, 0.25) is 0 Å². The van der Waals surface area contributed by atoms with Gasteiger partial charge in [-0.3, -0.25) is 9.67 Å². The number of pyridine rings is 1. The Kier molecular flexibility index (Phi) is 3.24. The molecule has 0 saturated heterocycles. The molecule has 0 radical (unpaired) electrons. The third kappa shape index (κ3) is 2.99. The fraction of sp³-hybridized carbons (Fsp3) is 0.200. The van der Waals surface area contributed by atoms with Crippen molar-refractivity contribution in [2.24, 2.45) is 0 Å². The molecule has 4 nitrogen and oxygen atoms in total. The Morgan fingerprint density at radius 2 is 2.07 bits per heavy atom. The number of nitrogens with two attached hydrogens (primary N) is 1. The second-order valence-electron chi connectivity index (χ2n) is 3.04. The van der Waals surface area contributed by atoms with Gasteiger partial charge in [0.15, 0.2) is 0 Å². The Morgan fingerprint density at radius 1 is 1.27 bits per heavy atom. The molecular formula is C10H12N4S. The first kappa shape index (κ1) is 10.0. The predicted octanol–water partition coefficient (Wildman–Crippen LogP) is 1.65. The summed E-state index contributed by atoms with van der Waals surface area (Å²) in [6.07, 6.45) is 5.49. The number of aromatic nitrogens is 3. The second-order valence-corrected chi connectivity index (χ2v) is 4.20. The fourth-order valence-corrected chi connectivity index (χ4v) is 2.02. The molecule has 2 rings (SSSR count). The highest BCUT2D eigenvalue weighted by molar-refractivity contribution is 7.99. The van der Waals surface area contributed by atoms with Crippen molar-refractivity contribution in [1.82, 2.24) is 14.8 Å². The van der Waals surface area contributed by atoms with Gasteiger partial charge in [-0.05, 0) is 18.2 Å². The van der Waals surface area contributed by atoms with E-state index >= 15 is 0 Å². The topological polar surface area (TPSA) is 56.7 Å². The van der Waals surface area contributed by atoms with Crippen LogP contribution in [0.4, 0.5) is 5.82 Å². The van der Waals surface area contributed by atoms with Crippen LogP contribution in [0.5, 0.6) is 0 Å². The zero-order chi connectivity index (χ0) is 10.5. The lowest BCUT2D eigenvalue weighted by Gasteiger charge is -2.01. The highest BCUT2D eigenvalue weighted by Crippen LogP contribution is 2.16. The lowest BCUT2D eigenvalue weighted by Crippen LogP contribution is -2.01. The molecule has 2 N–H and O–H groups in total. The van der Waals surface area contributed by atoms with Crippen LogP contribution in [0.25, 0.3) is 0 Å². The molecule has 2 heterocycles. The Bertz CT molecular complexity index is 412. The standard InChI is InChI=1S/C10H12N4S/c11-10-3-6-14(13-10)7-8-15-9-1-4-12-5-2-9/h1-6H,7-8H2,(H2,11,13). The Labute approximate surface area is 92.5 Å². The molecule has 2 aromatic heterocycles. The molecule has 0 aliphatic rings. The quantitative estimate of drug-likeness (QED) is 0.796. The Hall–Kier alpha value is -1.49. The SMILES string of the molecule is Nc1ccn(CCSc2ccncc2)n1. The average Bonchev–Trinajstić information content (AvgIpc) is 2.66. The van der Waals surface area contributed by atoms with Gasteiger partial charge in [0.25, 0.3) is 0 Å². The summed E-state index contributed by atoms with van der Waals surface area (Å²) in [4.78, 5) is 5.19. The molecule has 78 valence electrons. The average molecular weight is 220 g/mol. The predicted molar refractivity (Wildman–Crippen MR) is 61.6 cm³/mol. The van der Waals surface area contributed by atoms with Crippen LogP contribution in [-0.4, -0.2) is 20.5 Å². The van der Waals surface area contributed by atoms with E-state index in [4.69, 9.17) is 5.73 Å². The lowest BCUT2D eigenvalue weighted by molar-refractivity contribution is 0.669. The van der Waals surface area contributed by atoms with Gasteiger partial charge in [-0.2, -0.15) is 5.10 Å². The van der Waals surface area contributed by atoms with E-state index in [1.54, 1.807) is 30.2 Å². The van der Waals surface area contributed by atoms with Crippen LogP contribution in [0.15, 0.2) is 41.7 Å². The lowest BCUT2D eigenvalue weighted by atomic mass is 10.5. The largest absolute Gasteiger partial charge is 0.382 e. The molecule has 0 aliphatic carbocycles. The molecule has 5 heteroatoms. The maximum atomic E-state index is 5.51. The molecule has 0 bridgehead atoms. The third-order valence-corrected chi connectivity index (χ3v) is 2.89. The van der Waals surface area contributed by atoms with Gasteiger partial charge in [-0.1, -0.05) is 0 Å². The van der Waals surface area contributed by atoms with Crippen molar-refractivity contribution < 1.29 is 0 Å². The number of hydrogen-bond acceptors (Lipinski definition) is 4. The number of nitrogen functional groups attached to an aromatic ring is 1. The van der Waals surface area contributed by atoms with Crippen molar-refractivity contribution >= 4 is 17.6 Å². The molecule has 15 heavy (non-hydrogen) atoms. The highest BCUT2D eigenvalue weighted by Gasteiger charge is 1.96. The molecule has 0 fully saturated rings. The third-order valence-electron chi connectivity index (χ3n) is 1.90. The summed E-state index contributed by atoms with van der Waals surface area (Å²) in [7, 11) is 0. The monoisotopic (exact) mass is 220 g/mol. The minimum absolute atomic E-state index is 0.573. The fourth-order valence-electron chi connectivity index (χ4n) is 1.19. The summed E-state index contributed by atoms with van der Waals surface area (Å²) in [5.74, 6) is 1.55. The Morgan fingerprint density at radius 3 is 2.73 bits per heavy atom. The van der Waals surface area contributed by atoms with E-state index in [-0.39, 0.29) is 0 Å². The van der Waals surface area contributed by atoms with Gasteiger partial charge in [0, 0.05) is 29.2 Å². The molecule has 0 atom stereocenters. The van der Waals surface area contributed by atoms with Crippen molar-refractivity contribution in [2.45, 2.75) is 11.4 Å². The van der Waals surface area contributed by atoms with Crippen molar-refractivity contribution in [3.8, 4) is 0 Å². The summed E-state index contributed by atoms with van der Waals surface area (Å²) in [5, 5.41) is 4.11.